The van der Waals surface area contributed by atoms with E-state index in [-0.39, 0.29) is 11.9 Å². The average molecular weight is 298 g/mol. The molecule has 4 heteroatoms. The molecule has 19 heavy (non-hydrogen) atoms. The van der Waals surface area contributed by atoms with Crippen molar-refractivity contribution in [1.82, 2.24) is 5.32 Å². The number of hydrogen-bond donors (Lipinski definition) is 1. The van der Waals surface area contributed by atoms with E-state index in [4.69, 9.17) is 23.2 Å². The van der Waals surface area contributed by atoms with Gasteiger partial charge in [-0.1, -0.05) is 48.3 Å². The van der Waals surface area contributed by atoms with Crippen molar-refractivity contribution in [2.24, 2.45) is 0 Å². The van der Waals surface area contributed by atoms with Gasteiger partial charge in [-0.25, -0.2) is 4.39 Å². The quantitative estimate of drug-likeness (QED) is 0.852. The summed E-state index contributed by atoms with van der Waals surface area (Å²) in [6.07, 6.45) is 0. The van der Waals surface area contributed by atoms with E-state index in [0.29, 0.717) is 22.2 Å². The SMILES string of the molecule is CCNC(c1ccc(Cl)cc1)c1c(F)cccc1Cl. The normalized spacial score (nSPS) is 12.4. The number of benzene rings is 2. The molecule has 0 aliphatic rings. The zero-order valence-electron chi connectivity index (χ0n) is 10.5. The van der Waals surface area contributed by atoms with Crippen LogP contribution in [0, 0.1) is 5.82 Å². The Morgan fingerprint density at radius 2 is 1.79 bits per heavy atom. The minimum absolute atomic E-state index is 0.282. The van der Waals surface area contributed by atoms with Crippen LogP contribution in [0.3, 0.4) is 0 Å². The molecule has 0 saturated heterocycles. The molecule has 2 aromatic rings. The van der Waals surface area contributed by atoms with E-state index in [2.05, 4.69) is 5.32 Å². The summed E-state index contributed by atoms with van der Waals surface area (Å²) in [6, 6.07) is 11.8. The first kappa shape index (κ1) is 14.3. The number of rotatable bonds is 4. The lowest BCUT2D eigenvalue weighted by Crippen LogP contribution is -2.23. The van der Waals surface area contributed by atoms with Crippen LogP contribution in [-0.2, 0) is 0 Å². The monoisotopic (exact) mass is 297 g/mol. The second-order valence-electron chi connectivity index (χ2n) is 4.18. The predicted molar refractivity (Wildman–Crippen MR) is 78.4 cm³/mol. The number of hydrogen-bond acceptors (Lipinski definition) is 1. The van der Waals surface area contributed by atoms with Crippen molar-refractivity contribution >= 4 is 23.2 Å². The molecule has 2 aromatic carbocycles. The molecule has 0 amide bonds. The molecule has 0 fully saturated rings. The van der Waals surface area contributed by atoms with Crippen molar-refractivity contribution in [2.75, 3.05) is 6.54 Å². The molecule has 1 N–H and O–H groups in total. The Kier molecular flexibility index (Phi) is 4.81. The topological polar surface area (TPSA) is 12.0 Å². The summed E-state index contributed by atoms with van der Waals surface area (Å²) in [5.74, 6) is -0.312. The van der Waals surface area contributed by atoms with Gasteiger partial charge >= 0.3 is 0 Å². The molecule has 1 unspecified atom stereocenters. The van der Waals surface area contributed by atoms with Crippen LogP contribution >= 0.6 is 23.2 Å². The van der Waals surface area contributed by atoms with Gasteiger partial charge in [-0.2, -0.15) is 0 Å². The zero-order chi connectivity index (χ0) is 13.8. The molecule has 0 aliphatic carbocycles. The summed E-state index contributed by atoms with van der Waals surface area (Å²) in [4.78, 5) is 0. The number of halogens is 3. The van der Waals surface area contributed by atoms with Crippen LogP contribution in [-0.4, -0.2) is 6.54 Å². The maximum absolute atomic E-state index is 14.0. The first-order valence-electron chi connectivity index (χ1n) is 6.06. The Labute approximate surface area is 122 Å². The van der Waals surface area contributed by atoms with Crippen molar-refractivity contribution < 1.29 is 4.39 Å². The summed E-state index contributed by atoms with van der Waals surface area (Å²) in [7, 11) is 0. The lowest BCUT2D eigenvalue weighted by Gasteiger charge is -2.20. The van der Waals surface area contributed by atoms with Gasteiger partial charge < -0.3 is 5.32 Å². The predicted octanol–water partition coefficient (Wildman–Crippen LogP) is 4.83. The van der Waals surface area contributed by atoms with Crippen molar-refractivity contribution in [2.45, 2.75) is 13.0 Å². The Morgan fingerprint density at radius 3 is 2.37 bits per heavy atom. The molecule has 0 aromatic heterocycles. The van der Waals surface area contributed by atoms with E-state index in [1.807, 2.05) is 19.1 Å². The molecule has 100 valence electrons. The highest BCUT2D eigenvalue weighted by Crippen LogP contribution is 2.31. The van der Waals surface area contributed by atoms with Crippen LogP contribution in [0.15, 0.2) is 42.5 Å². The minimum atomic E-state index is -0.312. The van der Waals surface area contributed by atoms with Gasteiger partial charge in [0.05, 0.1) is 6.04 Å². The summed E-state index contributed by atoms with van der Waals surface area (Å²) < 4.78 is 14.0. The zero-order valence-corrected chi connectivity index (χ0v) is 12.0. The van der Waals surface area contributed by atoms with Crippen molar-refractivity contribution in [1.29, 1.82) is 0 Å². The second kappa shape index (κ2) is 6.38. The van der Waals surface area contributed by atoms with E-state index in [1.165, 1.54) is 6.07 Å². The molecule has 1 nitrogen and oxygen atoms in total. The van der Waals surface area contributed by atoms with Crippen LogP contribution in [0.25, 0.3) is 0 Å². The fraction of sp³-hybridized carbons (Fsp3) is 0.200. The summed E-state index contributed by atoms with van der Waals surface area (Å²) in [5, 5.41) is 4.32. The van der Waals surface area contributed by atoms with Crippen LogP contribution in [0.4, 0.5) is 4.39 Å². The molecule has 0 saturated carbocycles. The van der Waals surface area contributed by atoms with E-state index in [0.717, 1.165) is 5.56 Å². The first-order valence-corrected chi connectivity index (χ1v) is 6.81. The van der Waals surface area contributed by atoms with E-state index < -0.39 is 0 Å². The fourth-order valence-electron chi connectivity index (χ4n) is 2.03. The first-order chi connectivity index (χ1) is 9.13. The Bertz CT molecular complexity index is 534. The molecule has 0 radical (unpaired) electrons. The van der Waals surface area contributed by atoms with Gasteiger partial charge in [0.15, 0.2) is 0 Å². The van der Waals surface area contributed by atoms with Gasteiger partial charge in [-0.3, -0.25) is 0 Å². The maximum atomic E-state index is 14.0. The van der Waals surface area contributed by atoms with Crippen molar-refractivity contribution in [3.8, 4) is 0 Å². The Balaban J connectivity index is 2.48. The van der Waals surface area contributed by atoms with Gasteiger partial charge in [-0.05, 0) is 36.4 Å². The van der Waals surface area contributed by atoms with Crippen LogP contribution < -0.4 is 5.32 Å². The second-order valence-corrected chi connectivity index (χ2v) is 5.02. The smallest absolute Gasteiger partial charge is 0.129 e. The summed E-state index contributed by atoms with van der Waals surface area (Å²) >= 11 is 12.0. The standard InChI is InChI=1S/C15H14Cl2FN/c1-2-19-15(10-6-8-11(16)9-7-10)14-12(17)4-3-5-13(14)18/h3-9,15,19H,2H2,1H3. The summed E-state index contributed by atoms with van der Waals surface area (Å²) in [6.45, 7) is 2.68. The van der Waals surface area contributed by atoms with Crippen LogP contribution in [0.1, 0.15) is 24.1 Å². The third-order valence-electron chi connectivity index (χ3n) is 2.90. The van der Waals surface area contributed by atoms with Crippen LogP contribution in [0.5, 0.6) is 0 Å². The molecule has 0 spiro atoms. The molecule has 2 rings (SSSR count). The molecule has 0 aliphatic heterocycles. The third kappa shape index (κ3) is 3.27. The largest absolute Gasteiger partial charge is 0.306 e. The van der Waals surface area contributed by atoms with Crippen molar-refractivity contribution in [3.63, 3.8) is 0 Å². The van der Waals surface area contributed by atoms with Gasteiger partial charge in [0, 0.05) is 15.6 Å². The highest BCUT2D eigenvalue weighted by Gasteiger charge is 2.19. The highest BCUT2D eigenvalue weighted by atomic mass is 35.5. The average Bonchev–Trinajstić information content (AvgIpc) is 2.38. The molecular formula is C15H14Cl2FN. The van der Waals surface area contributed by atoms with Crippen molar-refractivity contribution in [3.05, 3.63) is 69.5 Å². The lowest BCUT2D eigenvalue weighted by atomic mass is 9.98. The third-order valence-corrected chi connectivity index (χ3v) is 3.48. The molecule has 0 bridgehead atoms. The van der Waals surface area contributed by atoms with Gasteiger partial charge in [-0.15, -0.1) is 0 Å². The van der Waals surface area contributed by atoms with E-state index in [1.54, 1.807) is 24.3 Å². The maximum Gasteiger partial charge on any atom is 0.129 e. The lowest BCUT2D eigenvalue weighted by molar-refractivity contribution is 0.559. The summed E-state index contributed by atoms with van der Waals surface area (Å²) in [5.41, 5.74) is 1.39. The Morgan fingerprint density at radius 1 is 1.11 bits per heavy atom. The van der Waals surface area contributed by atoms with E-state index >= 15 is 0 Å². The Hall–Kier alpha value is -1.09. The fourth-order valence-corrected chi connectivity index (χ4v) is 2.43. The van der Waals surface area contributed by atoms with E-state index in [9.17, 15) is 4.39 Å². The molecule has 1 atom stereocenters. The number of nitrogens with one attached hydrogen (secondary N) is 1. The highest BCUT2D eigenvalue weighted by molar-refractivity contribution is 6.31. The minimum Gasteiger partial charge on any atom is -0.306 e. The van der Waals surface area contributed by atoms with Gasteiger partial charge in [0.2, 0.25) is 0 Å². The molecule has 0 heterocycles. The van der Waals surface area contributed by atoms with Gasteiger partial charge in [0.1, 0.15) is 5.82 Å². The van der Waals surface area contributed by atoms with Gasteiger partial charge in [0.25, 0.3) is 0 Å². The van der Waals surface area contributed by atoms with Crippen LogP contribution in [0.2, 0.25) is 10.0 Å². The molecular weight excluding hydrogens is 284 g/mol.